The highest BCUT2D eigenvalue weighted by Gasteiger charge is 2.14. The molecule has 0 aliphatic heterocycles. The number of nitrogens with two attached hydrogens (primary N) is 1. The van der Waals surface area contributed by atoms with Gasteiger partial charge in [-0.2, -0.15) is 20.2 Å². The predicted molar refractivity (Wildman–Crippen MR) is 73.2 cm³/mol. The molecular formula is C13H11N7. The van der Waals surface area contributed by atoms with Crippen molar-refractivity contribution in [2.24, 2.45) is 0 Å². The molecule has 3 aromatic heterocycles. The van der Waals surface area contributed by atoms with Crippen LogP contribution in [0.15, 0.2) is 36.9 Å². The highest BCUT2D eigenvalue weighted by atomic mass is 15.4. The van der Waals surface area contributed by atoms with E-state index in [4.69, 9.17) is 12.2 Å². The molecule has 3 rings (SSSR count). The van der Waals surface area contributed by atoms with Crippen molar-refractivity contribution in [3.8, 4) is 24.1 Å². The third-order valence-corrected chi connectivity index (χ3v) is 2.72. The molecular weight excluding hydrogens is 254 g/mol. The van der Waals surface area contributed by atoms with E-state index < -0.39 is 0 Å². The first-order valence-electron chi connectivity index (χ1n) is 5.89. The van der Waals surface area contributed by atoms with Crippen LogP contribution in [0.4, 0.5) is 5.82 Å². The summed E-state index contributed by atoms with van der Waals surface area (Å²) in [5.41, 5.74) is 6.66. The molecule has 0 aliphatic carbocycles. The average molecular weight is 265 g/mol. The van der Waals surface area contributed by atoms with Crippen molar-refractivity contribution in [1.29, 1.82) is 0 Å². The first-order chi connectivity index (χ1) is 9.79. The largest absolute Gasteiger partial charge is 0.383 e. The molecule has 0 bridgehead atoms. The van der Waals surface area contributed by atoms with Gasteiger partial charge in [0.2, 0.25) is 0 Å². The van der Waals surface area contributed by atoms with Crippen molar-refractivity contribution < 1.29 is 0 Å². The Kier molecular flexibility index (Phi) is 2.89. The van der Waals surface area contributed by atoms with Crippen LogP contribution in [0.25, 0.3) is 11.8 Å². The fraction of sp³-hybridized carbons (Fsp3) is 0.0769. The third kappa shape index (κ3) is 1.99. The molecule has 0 amide bonds. The SMILES string of the molecule is C#CCc1c(N)nc(-n2cccn2)nc1-n1cccn1. The van der Waals surface area contributed by atoms with Crippen molar-refractivity contribution >= 4 is 5.82 Å². The van der Waals surface area contributed by atoms with Gasteiger partial charge in [-0.3, -0.25) is 0 Å². The Labute approximate surface area is 115 Å². The maximum atomic E-state index is 5.99. The van der Waals surface area contributed by atoms with Gasteiger partial charge in [0.15, 0.2) is 5.82 Å². The van der Waals surface area contributed by atoms with E-state index in [0.717, 1.165) is 0 Å². The topological polar surface area (TPSA) is 87.4 Å². The summed E-state index contributed by atoms with van der Waals surface area (Å²) in [6.07, 6.45) is 12.5. The number of terminal acetylenes is 1. The highest BCUT2D eigenvalue weighted by Crippen LogP contribution is 2.19. The number of nitrogen functional groups attached to an aromatic ring is 1. The lowest BCUT2D eigenvalue weighted by Crippen LogP contribution is -2.13. The summed E-state index contributed by atoms with van der Waals surface area (Å²) in [7, 11) is 0. The Hall–Kier alpha value is -3.14. The van der Waals surface area contributed by atoms with E-state index >= 15 is 0 Å². The zero-order valence-electron chi connectivity index (χ0n) is 10.5. The number of anilines is 1. The Morgan fingerprint density at radius 2 is 1.80 bits per heavy atom. The fourth-order valence-electron chi connectivity index (χ4n) is 1.82. The van der Waals surface area contributed by atoms with E-state index in [1.54, 1.807) is 41.6 Å². The molecule has 2 N–H and O–H groups in total. The Bertz CT molecular complexity index is 751. The molecule has 7 heteroatoms. The second-order valence-electron chi connectivity index (χ2n) is 3.99. The van der Waals surface area contributed by atoms with Gasteiger partial charge < -0.3 is 5.73 Å². The molecule has 20 heavy (non-hydrogen) atoms. The van der Waals surface area contributed by atoms with Crippen LogP contribution in [0.5, 0.6) is 0 Å². The molecule has 0 fully saturated rings. The molecule has 3 heterocycles. The quantitative estimate of drug-likeness (QED) is 0.701. The van der Waals surface area contributed by atoms with Crippen molar-refractivity contribution in [2.45, 2.75) is 6.42 Å². The number of hydrogen-bond acceptors (Lipinski definition) is 5. The first kappa shape index (κ1) is 11.9. The minimum Gasteiger partial charge on any atom is -0.383 e. The molecule has 0 radical (unpaired) electrons. The molecule has 0 aromatic carbocycles. The second kappa shape index (κ2) is 4.85. The molecule has 7 nitrogen and oxygen atoms in total. The van der Waals surface area contributed by atoms with Gasteiger partial charge in [0.1, 0.15) is 5.82 Å². The third-order valence-electron chi connectivity index (χ3n) is 2.72. The fourth-order valence-corrected chi connectivity index (χ4v) is 1.82. The van der Waals surface area contributed by atoms with Crippen molar-refractivity contribution in [1.82, 2.24) is 29.5 Å². The standard InChI is InChI=1S/C13H11N7/c1-2-5-10-11(14)17-13(20-9-4-7-16-20)18-12(10)19-8-3-6-15-19/h1,3-4,6-9H,5H2,(H2,14,17,18). The van der Waals surface area contributed by atoms with Crippen molar-refractivity contribution in [3.63, 3.8) is 0 Å². The van der Waals surface area contributed by atoms with Crippen LogP contribution < -0.4 is 5.73 Å². The number of nitrogens with zero attached hydrogens (tertiary/aromatic N) is 6. The van der Waals surface area contributed by atoms with Gasteiger partial charge in [-0.25, -0.2) is 9.36 Å². The number of rotatable bonds is 3. The Morgan fingerprint density at radius 1 is 1.10 bits per heavy atom. The van der Waals surface area contributed by atoms with Gasteiger partial charge >= 0.3 is 0 Å². The lowest BCUT2D eigenvalue weighted by Gasteiger charge is -2.11. The average Bonchev–Trinajstić information content (AvgIpc) is 3.14. The minimum absolute atomic E-state index is 0.328. The minimum atomic E-state index is 0.328. The molecule has 0 saturated carbocycles. The molecule has 0 spiro atoms. The van der Waals surface area contributed by atoms with E-state index in [1.165, 1.54) is 4.68 Å². The van der Waals surface area contributed by atoms with Crippen LogP contribution in [-0.4, -0.2) is 29.5 Å². The van der Waals surface area contributed by atoms with E-state index in [0.29, 0.717) is 29.6 Å². The van der Waals surface area contributed by atoms with Crippen LogP contribution in [0.1, 0.15) is 5.56 Å². The van der Waals surface area contributed by atoms with Gasteiger partial charge in [0.05, 0.1) is 5.56 Å². The zero-order valence-corrected chi connectivity index (χ0v) is 10.5. The highest BCUT2D eigenvalue weighted by molar-refractivity contribution is 5.52. The van der Waals surface area contributed by atoms with Gasteiger partial charge in [-0.1, -0.05) is 0 Å². The van der Waals surface area contributed by atoms with E-state index in [9.17, 15) is 0 Å². The Balaban J connectivity index is 2.21. The smallest absolute Gasteiger partial charge is 0.254 e. The van der Waals surface area contributed by atoms with E-state index in [2.05, 4.69) is 26.1 Å². The van der Waals surface area contributed by atoms with Crippen molar-refractivity contribution in [2.75, 3.05) is 5.73 Å². The predicted octanol–water partition coefficient (Wildman–Crippen LogP) is 0.606. The summed E-state index contributed by atoms with van der Waals surface area (Å²) in [4.78, 5) is 8.69. The van der Waals surface area contributed by atoms with Gasteiger partial charge in [-0.15, -0.1) is 12.3 Å². The lowest BCUT2D eigenvalue weighted by molar-refractivity contribution is 0.768. The molecule has 98 valence electrons. The first-order valence-corrected chi connectivity index (χ1v) is 5.89. The summed E-state index contributed by atoms with van der Waals surface area (Å²) in [6.45, 7) is 0. The van der Waals surface area contributed by atoms with Gasteiger partial charge in [0, 0.05) is 31.2 Å². The summed E-state index contributed by atoms with van der Waals surface area (Å²) >= 11 is 0. The van der Waals surface area contributed by atoms with Gasteiger partial charge in [0.25, 0.3) is 5.95 Å². The zero-order chi connectivity index (χ0) is 13.9. The summed E-state index contributed by atoms with van der Waals surface area (Å²) in [5, 5.41) is 8.26. The summed E-state index contributed by atoms with van der Waals surface area (Å²) in [6, 6.07) is 3.58. The lowest BCUT2D eigenvalue weighted by atomic mass is 10.2. The van der Waals surface area contributed by atoms with E-state index in [1.807, 2.05) is 0 Å². The van der Waals surface area contributed by atoms with Crippen molar-refractivity contribution in [3.05, 3.63) is 42.5 Å². The molecule has 0 aliphatic rings. The van der Waals surface area contributed by atoms with Crippen LogP contribution in [0.2, 0.25) is 0 Å². The monoisotopic (exact) mass is 265 g/mol. The van der Waals surface area contributed by atoms with Gasteiger partial charge in [-0.05, 0) is 12.1 Å². The van der Waals surface area contributed by atoms with Crippen LogP contribution >= 0.6 is 0 Å². The van der Waals surface area contributed by atoms with Crippen LogP contribution in [0.3, 0.4) is 0 Å². The molecule has 0 atom stereocenters. The van der Waals surface area contributed by atoms with Crippen LogP contribution in [-0.2, 0) is 6.42 Å². The Morgan fingerprint density at radius 3 is 2.40 bits per heavy atom. The molecule has 0 unspecified atom stereocenters. The second-order valence-corrected chi connectivity index (χ2v) is 3.99. The number of hydrogen-bond donors (Lipinski definition) is 1. The maximum Gasteiger partial charge on any atom is 0.254 e. The summed E-state index contributed by atoms with van der Waals surface area (Å²) < 4.78 is 3.14. The molecule has 0 saturated heterocycles. The van der Waals surface area contributed by atoms with E-state index in [-0.39, 0.29) is 0 Å². The number of aromatic nitrogens is 6. The maximum absolute atomic E-state index is 5.99. The molecule has 3 aromatic rings. The normalized spacial score (nSPS) is 10.3. The summed E-state index contributed by atoms with van der Waals surface area (Å²) in [5.74, 6) is 3.82. The van der Waals surface area contributed by atoms with Crippen LogP contribution in [0, 0.1) is 12.3 Å².